The molecule has 2 aromatic rings. The lowest BCUT2D eigenvalue weighted by Crippen LogP contribution is -2.48. The Morgan fingerprint density at radius 3 is 2.27 bits per heavy atom. The van der Waals surface area contributed by atoms with Gasteiger partial charge in [-0.25, -0.2) is 0 Å². The molecular weight excluding hydrogens is 328 g/mol. The number of para-hydroxylation sites is 1. The second kappa shape index (κ2) is 9.25. The Labute approximate surface area is 155 Å². The summed E-state index contributed by atoms with van der Waals surface area (Å²) in [5, 5.41) is 0. The molecule has 1 fully saturated rings. The van der Waals surface area contributed by atoms with E-state index in [1.807, 2.05) is 54.3 Å². The van der Waals surface area contributed by atoms with Crippen LogP contribution in [0, 0.1) is 0 Å². The van der Waals surface area contributed by atoms with Crippen molar-refractivity contribution in [3.8, 4) is 5.75 Å². The van der Waals surface area contributed by atoms with Gasteiger partial charge in [-0.15, -0.1) is 0 Å². The second-order valence-corrected chi connectivity index (χ2v) is 6.18. The van der Waals surface area contributed by atoms with Gasteiger partial charge in [-0.3, -0.25) is 4.79 Å². The number of carbonyl (C=O) groups excluding carboxylic acids is 1. The van der Waals surface area contributed by atoms with Crippen molar-refractivity contribution in [2.75, 3.05) is 50.9 Å². The van der Waals surface area contributed by atoms with Crippen LogP contribution in [-0.4, -0.2) is 56.8 Å². The first-order valence-corrected chi connectivity index (χ1v) is 9.18. The number of carbonyl (C=O) groups is 1. The quantitative estimate of drug-likeness (QED) is 0.717. The molecule has 5 heteroatoms. The van der Waals surface area contributed by atoms with Crippen LogP contribution in [0.5, 0.6) is 5.75 Å². The van der Waals surface area contributed by atoms with Gasteiger partial charge in [-0.2, -0.15) is 0 Å². The molecule has 3 rings (SSSR count). The molecule has 0 radical (unpaired) electrons. The van der Waals surface area contributed by atoms with Crippen molar-refractivity contribution in [1.29, 1.82) is 0 Å². The van der Waals surface area contributed by atoms with Crippen LogP contribution >= 0.6 is 0 Å². The number of rotatable bonds is 7. The molecule has 1 heterocycles. The predicted octanol–water partition coefficient (Wildman–Crippen LogP) is 3.06. The average molecular weight is 354 g/mol. The Morgan fingerprint density at radius 1 is 0.923 bits per heavy atom. The third-order valence-electron chi connectivity index (χ3n) is 4.49. The topological polar surface area (TPSA) is 42.0 Å². The summed E-state index contributed by atoms with van der Waals surface area (Å²) in [6.07, 6.45) is 0. The summed E-state index contributed by atoms with van der Waals surface area (Å²) in [6, 6.07) is 17.7. The molecule has 0 unspecified atom stereocenters. The van der Waals surface area contributed by atoms with E-state index in [0.717, 1.165) is 31.9 Å². The molecule has 1 amide bonds. The number of nitrogens with zero attached hydrogens (tertiary/aromatic N) is 2. The van der Waals surface area contributed by atoms with E-state index >= 15 is 0 Å². The molecule has 0 aliphatic carbocycles. The van der Waals surface area contributed by atoms with Crippen LogP contribution in [0.15, 0.2) is 54.6 Å². The van der Waals surface area contributed by atoms with E-state index in [-0.39, 0.29) is 5.91 Å². The number of benzene rings is 2. The van der Waals surface area contributed by atoms with E-state index in [4.69, 9.17) is 9.47 Å². The maximum Gasteiger partial charge on any atom is 0.253 e. The van der Waals surface area contributed by atoms with Crippen LogP contribution in [0.4, 0.5) is 5.69 Å². The lowest BCUT2D eigenvalue weighted by atomic mass is 10.1. The molecule has 138 valence electrons. The third-order valence-corrected chi connectivity index (χ3v) is 4.49. The molecule has 0 N–H and O–H groups in total. The molecular formula is C21H26N2O3. The van der Waals surface area contributed by atoms with Gasteiger partial charge in [0.2, 0.25) is 0 Å². The first-order chi connectivity index (χ1) is 12.8. The smallest absolute Gasteiger partial charge is 0.253 e. The van der Waals surface area contributed by atoms with Gasteiger partial charge >= 0.3 is 0 Å². The molecule has 0 spiro atoms. The maximum atomic E-state index is 12.7. The van der Waals surface area contributed by atoms with E-state index in [2.05, 4.69) is 17.0 Å². The van der Waals surface area contributed by atoms with E-state index in [9.17, 15) is 4.79 Å². The molecule has 0 saturated carbocycles. The van der Waals surface area contributed by atoms with Crippen LogP contribution in [-0.2, 0) is 4.74 Å². The number of ether oxygens (including phenoxy) is 2. The van der Waals surface area contributed by atoms with Crippen LogP contribution < -0.4 is 9.64 Å². The fraction of sp³-hybridized carbons (Fsp3) is 0.381. The van der Waals surface area contributed by atoms with Gasteiger partial charge in [0.15, 0.2) is 0 Å². The van der Waals surface area contributed by atoms with Gasteiger partial charge < -0.3 is 19.3 Å². The first kappa shape index (κ1) is 18.3. The third kappa shape index (κ3) is 4.76. The molecule has 1 aliphatic rings. The summed E-state index contributed by atoms with van der Waals surface area (Å²) in [7, 11) is 0. The number of anilines is 1. The monoisotopic (exact) mass is 354 g/mol. The number of hydrogen-bond donors (Lipinski definition) is 0. The summed E-state index contributed by atoms with van der Waals surface area (Å²) in [5.41, 5.74) is 1.92. The molecule has 5 nitrogen and oxygen atoms in total. The van der Waals surface area contributed by atoms with Crippen molar-refractivity contribution in [3.05, 3.63) is 60.2 Å². The van der Waals surface area contributed by atoms with Crippen molar-refractivity contribution in [2.24, 2.45) is 0 Å². The fourth-order valence-electron chi connectivity index (χ4n) is 3.05. The van der Waals surface area contributed by atoms with Crippen LogP contribution in [0.1, 0.15) is 17.3 Å². The number of hydrogen-bond acceptors (Lipinski definition) is 4. The average Bonchev–Trinajstić information content (AvgIpc) is 2.72. The minimum absolute atomic E-state index is 0.0820. The summed E-state index contributed by atoms with van der Waals surface area (Å²) in [4.78, 5) is 16.9. The predicted molar refractivity (Wildman–Crippen MR) is 103 cm³/mol. The first-order valence-electron chi connectivity index (χ1n) is 9.18. The van der Waals surface area contributed by atoms with Crippen LogP contribution in [0.25, 0.3) is 0 Å². The highest BCUT2D eigenvalue weighted by molar-refractivity contribution is 5.94. The number of piperazine rings is 1. The van der Waals surface area contributed by atoms with E-state index in [1.165, 1.54) is 5.69 Å². The largest absolute Gasteiger partial charge is 0.491 e. The van der Waals surface area contributed by atoms with Crippen molar-refractivity contribution >= 4 is 11.6 Å². The van der Waals surface area contributed by atoms with Crippen molar-refractivity contribution in [2.45, 2.75) is 6.92 Å². The Balaban J connectivity index is 1.50. The van der Waals surface area contributed by atoms with E-state index in [1.54, 1.807) is 0 Å². The molecule has 26 heavy (non-hydrogen) atoms. The van der Waals surface area contributed by atoms with Gasteiger partial charge in [-0.05, 0) is 43.3 Å². The van der Waals surface area contributed by atoms with E-state index < -0.39 is 0 Å². The van der Waals surface area contributed by atoms with Gasteiger partial charge in [0.1, 0.15) is 12.4 Å². The molecule has 1 aliphatic heterocycles. The van der Waals surface area contributed by atoms with E-state index in [0.29, 0.717) is 25.4 Å². The zero-order valence-corrected chi connectivity index (χ0v) is 15.3. The maximum absolute atomic E-state index is 12.7. The summed E-state index contributed by atoms with van der Waals surface area (Å²) in [5.74, 6) is 0.841. The summed E-state index contributed by atoms with van der Waals surface area (Å²) in [6.45, 7) is 6.92. The van der Waals surface area contributed by atoms with Crippen molar-refractivity contribution in [3.63, 3.8) is 0 Å². The van der Waals surface area contributed by atoms with Gasteiger partial charge in [0, 0.05) is 44.0 Å². The second-order valence-electron chi connectivity index (χ2n) is 6.18. The van der Waals surface area contributed by atoms with Gasteiger partial charge in [-0.1, -0.05) is 18.2 Å². The number of amides is 1. The SMILES string of the molecule is CCOCCOc1ccc(C(=O)N2CCN(c3ccccc3)CC2)cc1. The van der Waals surface area contributed by atoms with Crippen LogP contribution in [0.2, 0.25) is 0 Å². The molecule has 2 aromatic carbocycles. The lowest BCUT2D eigenvalue weighted by Gasteiger charge is -2.36. The zero-order chi connectivity index (χ0) is 18.2. The Hall–Kier alpha value is -2.53. The van der Waals surface area contributed by atoms with Gasteiger partial charge in [0.25, 0.3) is 5.91 Å². The molecule has 0 bridgehead atoms. The normalized spacial score (nSPS) is 14.3. The highest BCUT2D eigenvalue weighted by Gasteiger charge is 2.22. The summed E-state index contributed by atoms with van der Waals surface area (Å²) >= 11 is 0. The zero-order valence-electron chi connectivity index (χ0n) is 15.3. The Kier molecular flexibility index (Phi) is 6.50. The molecule has 0 atom stereocenters. The fourth-order valence-corrected chi connectivity index (χ4v) is 3.05. The highest BCUT2D eigenvalue weighted by atomic mass is 16.5. The summed E-state index contributed by atoms with van der Waals surface area (Å²) < 4.78 is 10.8. The van der Waals surface area contributed by atoms with Gasteiger partial charge in [0.05, 0.1) is 6.61 Å². The van der Waals surface area contributed by atoms with Crippen molar-refractivity contribution in [1.82, 2.24) is 4.90 Å². The Bertz CT molecular complexity index is 680. The molecule has 0 aromatic heterocycles. The lowest BCUT2D eigenvalue weighted by molar-refractivity contribution is 0.0746. The highest BCUT2D eigenvalue weighted by Crippen LogP contribution is 2.18. The minimum Gasteiger partial charge on any atom is -0.491 e. The standard InChI is InChI=1S/C21H26N2O3/c1-2-25-16-17-26-20-10-8-18(9-11-20)21(24)23-14-12-22(13-15-23)19-6-4-3-5-7-19/h3-11H,2,12-17H2,1H3. The van der Waals surface area contributed by atoms with Crippen molar-refractivity contribution < 1.29 is 14.3 Å². The Morgan fingerprint density at radius 2 is 1.62 bits per heavy atom. The van der Waals surface area contributed by atoms with Crippen LogP contribution in [0.3, 0.4) is 0 Å². The minimum atomic E-state index is 0.0820. The molecule has 1 saturated heterocycles.